The van der Waals surface area contributed by atoms with E-state index in [1.165, 1.54) is 12.1 Å². The molecular weight excluding hydrogens is 223 g/mol. The third-order valence-corrected chi connectivity index (χ3v) is 2.54. The van der Waals surface area contributed by atoms with E-state index in [0.717, 1.165) is 17.4 Å². The molecule has 1 aromatic carbocycles. The monoisotopic (exact) mass is 230 g/mol. The molecule has 0 heterocycles. The molecule has 0 aliphatic carbocycles. The van der Waals surface area contributed by atoms with Gasteiger partial charge in [0.2, 0.25) is 0 Å². The van der Waals surface area contributed by atoms with Gasteiger partial charge < -0.3 is 4.79 Å². The summed E-state index contributed by atoms with van der Waals surface area (Å²) in [6.45, 7) is 1.85. The zero-order valence-corrected chi connectivity index (χ0v) is 8.19. The largest absolute Gasteiger partial charge is 0.303 e. The Labute approximate surface area is 78.7 Å². The molecule has 0 atom stereocenters. The number of carbonyl (C=O) groups excluding carboxylic acids is 1. The average Bonchev–Trinajstić information content (AvgIpc) is 2.00. The van der Waals surface area contributed by atoms with Gasteiger partial charge in [-0.2, -0.15) is 0 Å². The summed E-state index contributed by atoms with van der Waals surface area (Å²) in [5.74, 6) is -0.315. The van der Waals surface area contributed by atoms with E-state index in [2.05, 4.69) is 15.9 Å². The van der Waals surface area contributed by atoms with E-state index in [0.29, 0.717) is 4.47 Å². The minimum atomic E-state index is -0.315. The fraction of sp³-hybridized carbons (Fsp3) is 0.222. The second-order valence-electron chi connectivity index (χ2n) is 2.54. The Kier molecular flexibility index (Phi) is 2.98. The van der Waals surface area contributed by atoms with Crippen LogP contribution in [0.3, 0.4) is 0 Å². The summed E-state index contributed by atoms with van der Waals surface area (Å²) in [5, 5.41) is 0. The molecule has 0 amide bonds. The van der Waals surface area contributed by atoms with Gasteiger partial charge in [0.05, 0.1) is 0 Å². The summed E-state index contributed by atoms with van der Waals surface area (Å²) < 4.78 is 13.5. The minimum absolute atomic E-state index is 0.266. The van der Waals surface area contributed by atoms with Gasteiger partial charge in [-0.25, -0.2) is 4.39 Å². The first-order chi connectivity index (χ1) is 5.65. The van der Waals surface area contributed by atoms with E-state index in [1.807, 2.05) is 6.92 Å². The number of hydrogen-bond acceptors (Lipinski definition) is 1. The van der Waals surface area contributed by atoms with Gasteiger partial charge in [-0.15, -0.1) is 0 Å². The van der Waals surface area contributed by atoms with E-state index in [-0.39, 0.29) is 12.2 Å². The van der Waals surface area contributed by atoms with Gasteiger partial charge >= 0.3 is 0 Å². The van der Waals surface area contributed by atoms with Crippen LogP contribution in [0, 0.1) is 12.7 Å². The van der Waals surface area contributed by atoms with Crippen molar-refractivity contribution in [3.05, 3.63) is 33.5 Å². The SMILES string of the molecule is Cc1c(Br)cc(F)cc1CC=O. The molecule has 0 fully saturated rings. The van der Waals surface area contributed by atoms with Crippen LogP contribution in [0.2, 0.25) is 0 Å². The Morgan fingerprint density at radius 1 is 1.58 bits per heavy atom. The van der Waals surface area contributed by atoms with E-state index in [9.17, 15) is 9.18 Å². The Hall–Kier alpha value is -0.700. The van der Waals surface area contributed by atoms with Crippen molar-refractivity contribution in [2.24, 2.45) is 0 Å². The lowest BCUT2D eigenvalue weighted by Gasteiger charge is -2.04. The van der Waals surface area contributed by atoms with Gasteiger partial charge in [0.25, 0.3) is 0 Å². The van der Waals surface area contributed by atoms with Crippen LogP contribution in [0.15, 0.2) is 16.6 Å². The van der Waals surface area contributed by atoms with Crippen LogP contribution in [0.5, 0.6) is 0 Å². The van der Waals surface area contributed by atoms with Crippen LogP contribution < -0.4 is 0 Å². The molecule has 12 heavy (non-hydrogen) atoms. The second kappa shape index (κ2) is 3.81. The number of benzene rings is 1. The molecule has 0 saturated heterocycles. The summed E-state index contributed by atoms with van der Waals surface area (Å²) in [5.41, 5.74) is 1.65. The van der Waals surface area contributed by atoms with Crippen LogP contribution in [-0.2, 0) is 11.2 Å². The highest BCUT2D eigenvalue weighted by Gasteiger charge is 2.04. The third kappa shape index (κ3) is 1.91. The fourth-order valence-corrected chi connectivity index (χ4v) is 1.47. The topological polar surface area (TPSA) is 17.1 Å². The minimum Gasteiger partial charge on any atom is -0.303 e. The molecule has 3 heteroatoms. The molecule has 0 unspecified atom stereocenters. The van der Waals surface area contributed by atoms with Gasteiger partial charge in [-0.05, 0) is 30.2 Å². The molecule has 0 aromatic heterocycles. The van der Waals surface area contributed by atoms with Crippen molar-refractivity contribution in [3.8, 4) is 0 Å². The number of carbonyl (C=O) groups is 1. The second-order valence-corrected chi connectivity index (χ2v) is 3.40. The maximum absolute atomic E-state index is 12.8. The Morgan fingerprint density at radius 2 is 2.25 bits per heavy atom. The summed E-state index contributed by atoms with van der Waals surface area (Å²) in [6.07, 6.45) is 1.04. The number of rotatable bonds is 2. The predicted molar refractivity (Wildman–Crippen MR) is 48.6 cm³/mol. The smallest absolute Gasteiger partial charge is 0.124 e. The highest BCUT2D eigenvalue weighted by Crippen LogP contribution is 2.21. The van der Waals surface area contributed by atoms with Crippen molar-refractivity contribution in [3.63, 3.8) is 0 Å². The zero-order chi connectivity index (χ0) is 9.14. The lowest BCUT2D eigenvalue weighted by atomic mass is 10.1. The van der Waals surface area contributed by atoms with Gasteiger partial charge in [-0.1, -0.05) is 15.9 Å². The van der Waals surface area contributed by atoms with Gasteiger partial charge in [0.15, 0.2) is 0 Å². The van der Waals surface area contributed by atoms with E-state index in [4.69, 9.17) is 0 Å². The lowest BCUT2D eigenvalue weighted by Crippen LogP contribution is -1.93. The molecule has 0 aliphatic rings. The molecule has 64 valence electrons. The summed E-state index contributed by atoms with van der Waals surface area (Å²) in [6, 6.07) is 2.78. The van der Waals surface area contributed by atoms with Crippen molar-refractivity contribution < 1.29 is 9.18 Å². The third-order valence-electron chi connectivity index (χ3n) is 1.72. The maximum Gasteiger partial charge on any atom is 0.124 e. The summed E-state index contributed by atoms with van der Waals surface area (Å²) in [7, 11) is 0. The van der Waals surface area contributed by atoms with E-state index < -0.39 is 0 Å². The van der Waals surface area contributed by atoms with Gasteiger partial charge in [0.1, 0.15) is 12.1 Å². The molecule has 1 aromatic rings. The van der Waals surface area contributed by atoms with E-state index >= 15 is 0 Å². The fourth-order valence-electron chi connectivity index (χ4n) is 1.00. The zero-order valence-electron chi connectivity index (χ0n) is 6.60. The maximum atomic E-state index is 12.8. The Balaban J connectivity index is 3.17. The van der Waals surface area contributed by atoms with Gasteiger partial charge in [-0.3, -0.25) is 0 Å². The van der Waals surface area contributed by atoms with Crippen LogP contribution >= 0.6 is 15.9 Å². The van der Waals surface area contributed by atoms with Crippen LogP contribution in [0.25, 0.3) is 0 Å². The Morgan fingerprint density at radius 3 is 2.83 bits per heavy atom. The van der Waals surface area contributed by atoms with Gasteiger partial charge in [0, 0.05) is 10.9 Å². The first-order valence-electron chi connectivity index (χ1n) is 3.53. The predicted octanol–water partition coefficient (Wildman–Crippen LogP) is 2.64. The average molecular weight is 231 g/mol. The van der Waals surface area contributed by atoms with Crippen LogP contribution in [-0.4, -0.2) is 6.29 Å². The van der Waals surface area contributed by atoms with Crippen molar-refractivity contribution >= 4 is 22.2 Å². The standard InChI is InChI=1S/C9H8BrFO/c1-6-7(2-3-12)4-8(11)5-9(6)10/h3-5H,2H2,1H3. The van der Waals surface area contributed by atoms with Crippen molar-refractivity contribution in [1.29, 1.82) is 0 Å². The van der Waals surface area contributed by atoms with Crippen LogP contribution in [0.4, 0.5) is 4.39 Å². The summed E-state index contributed by atoms with van der Waals surface area (Å²) in [4.78, 5) is 10.2. The van der Waals surface area contributed by atoms with Crippen LogP contribution in [0.1, 0.15) is 11.1 Å². The molecular formula is C9H8BrFO. The summed E-state index contributed by atoms with van der Waals surface area (Å²) >= 11 is 3.21. The van der Waals surface area contributed by atoms with Crippen molar-refractivity contribution in [2.75, 3.05) is 0 Å². The first kappa shape index (κ1) is 9.39. The molecule has 0 saturated carbocycles. The number of halogens is 2. The molecule has 0 radical (unpaired) electrons. The normalized spacial score (nSPS) is 9.92. The van der Waals surface area contributed by atoms with E-state index in [1.54, 1.807) is 0 Å². The molecule has 0 N–H and O–H groups in total. The first-order valence-corrected chi connectivity index (χ1v) is 4.32. The number of aldehydes is 1. The molecule has 1 rings (SSSR count). The molecule has 0 bridgehead atoms. The molecule has 1 nitrogen and oxygen atoms in total. The van der Waals surface area contributed by atoms with Crippen molar-refractivity contribution in [2.45, 2.75) is 13.3 Å². The molecule has 0 spiro atoms. The quantitative estimate of drug-likeness (QED) is 0.715. The highest BCUT2D eigenvalue weighted by molar-refractivity contribution is 9.10. The highest BCUT2D eigenvalue weighted by atomic mass is 79.9. The Bertz CT molecular complexity index is 310. The molecule has 0 aliphatic heterocycles. The number of hydrogen-bond donors (Lipinski definition) is 0. The lowest BCUT2D eigenvalue weighted by molar-refractivity contribution is -0.107. The van der Waals surface area contributed by atoms with Crippen molar-refractivity contribution in [1.82, 2.24) is 0 Å².